The number of rotatable bonds is 4. The minimum atomic E-state index is -0.501. The maximum atomic E-state index is 9.39. The van der Waals surface area contributed by atoms with Crippen LogP contribution in [-0.4, -0.2) is 25.7 Å². The molecule has 0 radical (unpaired) electrons. The number of tetrazole rings is 1. The van der Waals surface area contributed by atoms with Crippen LogP contribution < -0.4 is 5.32 Å². The molecule has 0 saturated heterocycles. The lowest BCUT2D eigenvalue weighted by Gasteiger charge is -2.06. The SMILES string of the molecule is CC(O)c1ccc(NC=C(C#N)c2nn[nH]n2)cc1. The van der Waals surface area contributed by atoms with Crippen molar-refractivity contribution in [2.24, 2.45) is 0 Å². The zero-order valence-electron chi connectivity index (χ0n) is 10.2. The first-order chi connectivity index (χ1) is 9.20. The van der Waals surface area contributed by atoms with Crippen molar-refractivity contribution in [2.75, 3.05) is 5.32 Å². The summed E-state index contributed by atoms with van der Waals surface area (Å²) in [6.07, 6.45) is 1.00. The smallest absolute Gasteiger partial charge is 0.216 e. The average molecular weight is 256 g/mol. The molecule has 1 aromatic carbocycles. The molecular weight excluding hydrogens is 244 g/mol. The minimum absolute atomic E-state index is 0.232. The van der Waals surface area contributed by atoms with Gasteiger partial charge in [0.1, 0.15) is 11.6 Å². The van der Waals surface area contributed by atoms with E-state index >= 15 is 0 Å². The highest BCUT2D eigenvalue weighted by Gasteiger charge is 2.05. The second-order valence-corrected chi connectivity index (χ2v) is 3.85. The summed E-state index contributed by atoms with van der Waals surface area (Å²) in [5.74, 6) is 0.232. The van der Waals surface area contributed by atoms with Gasteiger partial charge in [-0.25, -0.2) is 0 Å². The fourth-order valence-electron chi connectivity index (χ4n) is 1.44. The summed E-state index contributed by atoms with van der Waals surface area (Å²) < 4.78 is 0. The van der Waals surface area contributed by atoms with E-state index in [0.717, 1.165) is 11.3 Å². The zero-order valence-corrected chi connectivity index (χ0v) is 10.2. The molecule has 19 heavy (non-hydrogen) atoms. The van der Waals surface area contributed by atoms with Crippen LogP contribution >= 0.6 is 0 Å². The highest BCUT2D eigenvalue weighted by molar-refractivity contribution is 5.73. The van der Waals surface area contributed by atoms with Gasteiger partial charge in [-0.3, -0.25) is 0 Å². The van der Waals surface area contributed by atoms with E-state index in [-0.39, 0.29) is 11.4 Å². The van der Waals surface area contributed by atoms with Crippen molar-refractivity contribution < 1.29 is 5.11 Å². The van der Waals surface area contributed by atoms with E-state index in [1.165, 1.54) is 6.20 Å². The van der Waals surface area contributed by atoms with Crippen molar-refractivity contribution >= 4 is 11.3 Å². The van der Waals surface area contributed by atoms with Crippen molar-refractivity contribution in [2.45, 2.75) is 13.0 Å². The molecule has 3 N–H and O–H groups in total. The Morgan fingerprint density at radius 2 is 2.21 bits per heavy atom. The van der Waals surface area contributed by atoms with Crippen LogP contribution in [0.25, 0.3) is 5.57 Å². The average Bonchev–Trinajstić information content (AvgIpc) is 2.94. The highest BCUT2D eigenvalue weighted by Crippen LogP contribution is 2.16. The van der Waals surface area contributed by atoms with E-state index in [9.17, 15) is 5.11 Å². The van der Waals surface area contributed by atoms with Gasteiger partial charge in [-0.15, -0.1) is 10.2 Å². The van der Waals surface area contributed by atoms with Crippen LogP contribution in [0, 0.1) is 11.3 Å². The predicted octanol–water partition coefficient (Wildman–Crippen LogP) is 1.23. The Hall–Kier alpha value is -2.72. The van der Waals surface area contributed by atoms with E-state index in [1.807, 2.05) is 18.2 Å². The van der Waals surface area contributed by atoms with Gasteiger partial charge >= 0.3 is 0 Å². The topological polar surface area (TPSA) is 111 Å². The van der Waals surface area contributed by atoms with Gasteiger partial charge in [0.2, 0.25) is 5.82 Å². The maximum absolute atomic E-state index is 9.39. The van der Waals surface area contributed by atoms with Gasteiger partial charge in [0.15, 0.2) is 0 Å². The molecule has 7 nitrogen and oxygen atoms in total. The van der Waals surface area contributed by atoms with Crippen molar-refractivity contribution in [3.63, 3.8) is 0 Å². The van der Waals surface area contributed by atoms with E-state index in [2.05, 4.69) is 25.9 Å². The van der Waals surface area contributed by atoms with Crippen molar-refractivity contribution in [1.29, 1.82) is 5.26 Å². The van der Waals surface area contributed by atoms with Gasteiger partial charge < -0.3 is 10.4 Å². The Morgan fingerprint density at radius 1 is 1.47 bits per heavy atom. The normalized spacial score (nSPS) is 12.8. The second kappa shape index (κ2) is 5.75. The predicted molar refractivity (Wildman–Crippen MR) is 68.5 cm³/mol. The van der Waals surface area contributed by atoms with Gasteiger partial charge in [0.25, 0.3) is 0 Å². The third-order valence-electron chi connectivity index (χ3n) is 2.48. The number of H-pyrrole nitrogens is 1. The molecular formula is C12H12N6O. The number of aromatic amines is 1. The molecule has 0 spiro atoms. The molecule has 1 atom stereocenters. The first-order valence-electron chi connectivity index (χ1n) is 5.59. The summed E-state index contributed by atoms with van der Waals surface area (Å²) in [7, 11) is 0. The quantitative estimate of drug-likeness (QED) is 0.709. The highest BCUT2D eigenvalue weighted by atomic mass is 16.3. The molecule has 2 rings (SSSR count). The monoisotopic (exact) mass is 256 g/mol. The molecule has 0 aliphatic carbocycles. The molecule has 0 amide bonds. The fourth-order valence-corrected chi connectivity index (χ4v) is 1.44. The molecule has 1 heterocycles. The van der Waals surface area contributed by atoms with E-state index in [1.54, 1.807) is 19.1 Å². The molecule has 96 valence electrons. The molecule has 1 unspecified atom stereocenters. The number of aromatic nitrogens is 4. The van der Waals surface area contributed by atoms with Crippen molar-refractivity contribution in [3.8, 4) is 6.07 Å². The summed E-state index contributed by atoms with van der Waals surface area (Å²) in [5, 5.41) is 34.5. The standard InChI is InChI=1S/C12H12N6O/c1-8(19)9-2-4-11(5-3-9)14-7-10(6-13)12-15-17-18-16-12/h2-5,7-8,14,19H,1H3,(H,15,16,17,18). The van der Waals surface area contributed by atoms with Crippen LogP contribution in [0.2, 0.25) is 0 Å². The zero-order chi connectivity index (χ0) is 13.7. The largest absolute Gasteiger partial charge is 0.389 e. The van der Waals surface area contributed by atoms with Crippen LogP contribution in [-0.2, 0) is 0 Å². The van der Waals surface area contributed by atoms with Crippen molar-refractivity contribution in [1.82, 2.24) is 20.6 Å². The maximum Gasteiger partial charge on any atom is 0.216 e. The summed E-state index contributed by atoms with van der Waals surface area (Å²) in [4.78, 5) is 0. The molecule has 0 fully saturated rings. The van der Waals surface area contributed by atoms with Gasteiger partial charge in [-0.1, -0.05) is 12.1 Å². The molecule has 2 aromatic rings. The summed E-state index contributed by atoms with van der Waals surface area (Å²) in [5.41, 5.74) is 1.89. The number of hydrogen-bond acceptors (Lipinski definition) is 6. The Labute approximate surface area is 109 Å². The third kappa shape index (κ3) is 3.14. The van der Waals surface area contributed by atoms with Gasteiger partial charge in [0.05, 0.1) is 6.10 Å². The molecule has 0 saturated carbocycles. The number of nitrogens with one attached hydrogen (secondary N) is 2. The first-order valence-corrected chi connectivity index (χ1v) is 5.59. The van der Waals surface area contributed by atoms with Gasteiger partial charge in [0, 0.05) is 11.9 Å². The lowest BCUT2D eigenvalue weighted by atomic mass is 10.1. The Bertz CT molecular complexity index is 594. The van der Waals surface area contributed by atoms with Gasteiger partial charge in [-0.05, 0) is 29.8 Å². The third-order valence-corrected chi connectivity index (χ3v) is 2.48. The molecule has 1 aromatic heterocycles. The fraction of sp³-hybridized carbons (Fsp3) is 0.167. The second-order valence-electron chi connectivity index (χ2n) is 3.85. The Kier molecular flexibility index (Phi) is 3.85. The number of allylic oxidation sites excluding steroid dienone is 1. The van der Waals surface area contributed by atoms with Gasteiger partial charge in [-0.2, -0.15) is 10.5 Å². The summed E-state index contributed by atoms with van der Waals surface area (Å²) in [6.45, 7) is 1.70. The Morgan fingerprint density at radius 3 is 2.74 bits per heavy atom. The number of benzene rings is 1. The summed E-state index contributed by atoms with van der Waals surface area (Å²) >= 11 is 0. The number of anilines is 1. The first kappa shape index (κ1) is 12.7. The number of hydrogen-bond donors (Lipinski definition) is 3. The number of nitrogens with zero attached hydrogens (tertiary/aromatic N) is 4. The van der Waals surface area contributed by atoms with Crippen LogP contribution in [0.1, 0.15) is 24.4 Å². The molecule has 0 aliphatic heterocycles. The van der Waals surface area contributed by atoms with Crippen LogP contribution in [0.15, 0.2) is 30.5 Å². The van der Waals surface area contributed by atoms with E-state index < -0.39 is 6.10 Å². The molecule has 0 aliphatic rings. The lowest BCUT2D eigenvalue weighted by molar-refractivity contribution is 0.199. The van der Waals surface area contributed by atoms with Crippen LogP contribution in [0.4, 0.5) is 5.69 Å². The van der Waals surface area contributed by atoms with E-state index in [4.69, 9.17) is 5.26 Å². The minimum Gasteiger partial charge on any atom is -0.389 e. The summed E-state index contributed by atoms with van der Waals surface area (Å²) in [6, 6.07) is 9.21. The molecule has 7 heteroatoms. The van der Waals surface area contributed by atoms with Crippen LogP contribution in [0.5, 0.6) is 0 Å². The molecule has 0 bridgehead atoms. The number of nitriles is 1. The number of aliphatic hydroxyl groups excluding tert-OH is 1. The van der Waals surface area contributed by atoms with Crippen LogP contribution in [0.3, 0.4) is 0 Å². The lowest BCUT2D eigenvalue weighted by Crippen LogP contribution is -1.94. The van der Waals surface area contributed by atoms with Crippen molar-refractivity contribution in [3.05, 3.63) is 41.9 Å². The Balaban J connectivity index is 2.11. The van der Waals surface area contributed by atoms with E-state index in [0.29, 0.717) is 0 Å². The number of aliphatic hydroxyl groups is 1.